The Bertz CT molecular complexity index is 1190. The quantitative estimate of drug-likeness (QED) is 0.666. The summed E-state index contributed by atoms with van der Waals surface area (Å²) in [4.78, 5) is 14.4. The first-order chi connectivity index (χ1) is 14.9. The van der Waals surface area contributed by atoms with Crippen LogP contribution in [0.15, 0.2) is 59.6 Å². The van der Waals surface area contributed by atoms with E-state index in [4.69, 9.17) is 0 Å². The minimum Gasteiger partial charge on any atom is -0.348 e. The van der Waals surface area contributed by atoms with E-state index in [0.29, 0.717) is 25.2 Å². The molecule has 0 radical (unpaired) electrons. The van der Waals surface area contributed by atoms with E-state index in [2.05, 4.69) is 9.88 Å². The van der Waals surface area contributed by atoms with Crippen molar-refractivity contribution in [1.82, 2.24) is 13.8 Å². The molecule has 1 aliphatic rings. The van der Waals surface area contributed by atoms with Crippen molar-refractivity contribution in [3.63, 3.8) is 0 Å². The third kappa shape index (κ3) is 4.42. The van der Waals surface area contributed by atoms with Crippen LogP contribution in [-0.2, 0) is 16.6 Å². The Hall–Kier alpha value is -2.91. The SMILES string of the molecule is CCn1ccc2cc(S(=O)(=O)N3CCCN(C(=O)Nc4ccc(F)cc4)CC3)ccc21. The van der Waals surface area contributed by atoms with Crippen LogP contribution in [0, 0.1) is 5.82 Å². The second-order valence-electron chi connectivity index (χ2n) is 7.50. The van der Waals surface area contributed by atoms with Crippen LogP contribution in [0.2, 0.25) is 0 Å². The zero-order valence-electron chi connectivity index (χ0n) is 17.3. The van der Waals surface area contributed by atoms with E-state index >= 15 is 0 Å². The number of hydrogen-bond donors (Lipinski definition) is 1. The number of carbonyl (C=O) groups excluding carboxylic acids is 1. The smallest absolute Gasteiger partial charge is 0.321 e. The number of aryl methyl sites for hydroxylation is 1. The number of halogens is 1. The Balaban J connectivity index is 1.46. The minimum atomic E-state index is -3.66. The first-order valence-electron chi connectivity index (χ1n) is 10.3. The van der Waals surface area contributed by atoms with E-state index in [1.807, 2.05) is 25.3 Å². The van der Waals surface area contributed by atoms with Gasteiger partial charge in [-0.15, -0.1) is 0 Å². The molecule has 1 saturated heterocycles. The zero-order chi connectivity index (χ0) is 22.0. The maximum atomic E-state index is 13.2. The Kier molecular flexibility index (Phi) is 5.97. The van der Waals surface area contributed by atoms with Crippen LogP contribution in [0.4, 0.5) is 14.9 Å². The van der Waals surface area contributed by atoms with E-state index in [9.17, 15) is 17.6 Å². The topological polar surface area (TPSA) is 74.7 Å². The lowest BCUT2D eigenvalue weighted by Gasteiger charge is -2.22. The highest BCUT2D eigenvalue weighted by atomic mass is 32.2. The molecule has 3 aromatic rings. The molecule has 1 N–H and O–H groups in total. The predicted molar refractivity (Wildman–Crippen MR) is 118 cm³/mol. The van der Waals surface area contributed by atoms with Gasteiger partial charge < -0.3 is 14.8 Å². The molecule has 0 saturated carbocycles. The average molecular weight is 445 g/mol. The van der Waals surface area contributed by atoms with Gasteiger partial charge in [0.1, 0.15) is 5.82 Å². The second-order valence-corrected chi connectivity index (χ2v) is 9.44. The summed E-state index contributed by atoms with van der Waals surface area (Å²) in [7, 11) is -3.66. The molecule has 31 heavy (non-hydrogen) atoms. The summed E-state index contributed by atoms with van der Waals surface area (Å²) in [5.74, 6) is -0.377. The third-order valence-electron chi connectivity index (χ3n) is 5.56. The van der Waals surface area contributed by atoms with Crippen molar-refractivity contribution in [3.8, 4) is 0 Å². The lowest BCUT2D eigenvalue weighted by molar-refractivity contribution is 0.214. The highest BCUT2D eigenvalue weighted by Gasteiger charge is 2.28. The van der Waals surface area contributed by atoms with Gasteiger partial charge in [-0.05, 0) is 61.9 Å². The van der Waals surface area contributed by atoms with Gasteiger partial charge in [0.05, 0.1) is 4.90 Å². The maximum Gasteiger partial charge on any atom is 0.321 e. The van der Waals surface area contributed by atoms with Gasteiger partial charge in [-0.3, -0.25) is 0 Å². The number of urea groups is 1. The highest BCUT2D eigenvalue weighted by molar-refractivity contribution is 7.89. The maximum absolute atomic E-state index is 13.2. The fourth-order valence-electron chi connectivity index (χ4n) is 3.84. The lowest BCUT2D eigenvalue weighted by atomic mass is 10.2. The van der Waals surface area contributed by atoms with Crippen molar-refractivity contribution in [3.05, 3.63) is 60.5 Å². The first-order valence-corrected chi connectivity index (χ1v) is 11.7. The van der Waals surface area contributed by atoms with Crippen LogP contribution in [0.3, 0.4) is 0 Å². The van der Waals surface area contributed by atoms with Crippen molar-refractivity contribution in [1.29, 1.82) is 0 Å². The minimum absolute atomic E-state index is 0.215. The van der Waals surface area contributed by atoms with Crippen LogP contribution in [0.5, 0.6) is 0 Å². The van der Waals surface area contributed by atoms with E-state index in [-0.39, 0.29) is 29.8 Å². The van der Waals surface area contributed by atoms with Crippen molar-refractivity contribution < 1.29 is 17.6 Å². The molecular formula is C22H25FN4O3S. The Labute approximate surface area is 181 Å². The first kappa shape index (κ1) is 21.3. The molecule has 1 fully saturated rings. The third-order valence-corrected chi connectivity index (χ3v) is 7.45. The number of nitrogens with one attached hydrogen (secondary N) is 1. The predicted octanol–water partition coefficient (Wildman–Crippen LogP) is 3.73. The molecule has 0 atom stereocenters. The summed E-state index contributed by atoms with van der Waals surface area (Å²) in [6.45, 7) is 4.14. The number of anilines is 1. The summed E-state index contributed by atoms with van der Waals surface area (Å²) in [5.41, 5.74) is 1.49. The van der Waals surface area contributed by atoms with E-state index < -0.39 is 10.0 Å². The van der Waals surface area contributed by atoms with Crippen molar-refractivity contribution in [2.24, 2.45) is 0 Å². The second kappa shape index (κ2) is 8.68. The molecule has 9 heteroatoms. The normalized spacial score (nSPS) is 15.7. The number of nitrogens with zero attached hydrogens (tertiary/aromatic N) is 3. The van der Waals surface area contributed by atoms with Crippen LogP contribution in [0.25, 0.3) is 10.9 Å². The van der Waals surface area contributed by atoms with Crippen LogP contribution < -0.4 is 5.32 Å². The number of hydrogen-bond acceptors (Lipinski definition) is 3. The van der Waals surface area contributed by atoms with Crippen LogP contribution >= 0.6 is 0 Å². The molecule has 164 valence electrons. The Morgan fingerprint density at radius 3 is 2.55 bits per heavy atom. The van der Waals surface area contributed by atoms with Crippen molar-refractivity contribution >= 4 is 32.6 Å². The van der Waals surface area contributed by atoms with E-state index in [1.54, 1.807) is 17.0 Å². The number of amides is 2. The molecule has 0 aliphatic carbocycles. The molecule has 0 bridgehead atoms. The fraction of sp³-hybridized carbons (Fsp3) is 0.318. The number of benzene rings is 2. The molecule has 2 heterocycles. The molecule has 2 aromatic carbocycles. The van der Waals surface area contributed by atoms with Gasteiger partial charge in [-0.1, -0.05) is 0 Å². The van der Waals surface area contributed by atoms with Crippen LogP contribution in [-0.4, -0.2) is 54.4 Å². The summed E-state index contributed by atoms with van der Waals surface area (Å²) >= 11 is 0. The number of fused-ring (bicyclic) bond motifs is 1. The molecule has 0 unspecified atom stereocenters. The van der Waals surface area contributed by atoms with Gasteiger partial charge >= 0.3 is 6.03 Å². The lowest BCUT2D eigenvalue weighted by Crippen LogP contribution is -2.39. The van der Waals surface area contributed by atoms with Gasteiger partial charge in [-0.2, -0.15) is 4.31 Å². The zero-order valence-corrected chi connectivity index (χ0v) is 18.1. The largest absolute Gasteiger partial charge is 0.348 e. The Morgan fingerprint density at radius 2 is 1.81 bits per heavy atom. The van der Waals surface area contributed by atoms with Gasteiger partial charge in [-0.25, -0.2) is 17.6 Å². The van der Waals surface area contributed by atoms with Gasteiger partial charge in [0.15, 0.2) is 0 Å². The van der Waals surface area contributed by atoms with Gasteiger partial charge in [0.25, 0.3) is 0 Å². The average Bonchev–Trinajstić information content (AvgIpc) is 3.00. The molecule has 1 aliphatic heterocycles. The van der Waals surface area contributed by atoms with Crippen molar-refractivity contribution in [2.75, 3.05) is 31.5 Å². The van der Waals surface area contributed by atoms with Gasteiger partial charge in [0, 0.05) is 55.5 Å². The standard InChI is InChI=1S/C22H25FN4O3S/c1-2-25-13-10-17-16-20(8-9-21(17)25)31(29,30)27-12-3-11-26(14-15-27)22(28)24-19-6-4-18(23)5-7-19/h4-10,13,16H,2-3,11-12,14-15H2,1H3,(H,24,28). The molecule has 7 nitrogen and oxygen atoms in total. The summed E-state index contributed by atoms with van der Waals surface area (Å²) < 4.78 is 43.0. The number of aromatic nitrogens is 1. The van der Waals surface area contributed by atoms with E-state index in [0.717, 1.165) is 17.4 Å². The molecule has 1 aromatic heterocycles. The molecule has 2 amide bonds. The van der Waals surface area contributed by atoms with Gasteiger partial charge in [0.2, 0.25) is 10.0 Å². The highest BCUT2D eigenvalue weighted by Crippen LogP contribution is 2.24. The monoisotopic (exact) mass is 444 g/mol. The summed E-state index contributed by atoms with van der Waals surface area (Å²) in [5, 5.41) is 3.62. The van der Waals surface area contributed by atoms with E-state index in [1.165, 1.54) is 28.6 Å². The van der Waals surface area contributed by atoms with Crippen LogP contribution in [0.1, 0.15) is 13.3 Å². The van der Waals surface area contributed by atoms with Crippen molar-refractivity contribution in [2.45, 2.75) is 24.8 Å². The summed E-state index contributed by atoms with van der Waals surface area (Å²) in [6.07, 6.45) is 2.48. The molecule has 0 spiro atoms. The Morgan fingerprint density at radius 1 is 1.03 bits per heavy atom. The number of sulfonamides is 1. The number of rotatable bonds is 4. The summed E-state index contributed by atoms with van der Waals surface area (Å²) in [6, 6.07) is 12.3. The molecule has 4 rings (SSSR count). The molecular weight excluding hydrogens is 419 g/mol. The fourth-order valence-corrected chi connectivity index (χ4v) is 5.34. The number of carbonyl (C=O) groups is 1.